The van der Waals surface area contributed by atoms with Gasteiger partial charge in [-0.15, -0.1) is 0 Å². The fraction of sp³-hybridized carbons (Fsp3) is 0.917. The van der Waals surface area contributed by atoms with Gasteiger partial charge >= 0.3 is 0 Å². The van der Waals surface area contributed by atoms with E-state index >= 15 is 0 Å². The molecule has 0 heterocycles. The van der Waals surface area contributed by atoms with Gasteiger partial charge in [0, 0.05) is 33.4 Å². The molecule has 1 atom stereocenters. The Labute approximate surface area is 103 Å². The third-order valence-electron chi connectivity index (χ3n) is 2.85. The fourth-order valence-corrected chi connectivity index (χ4v) is 1.48. The Morgan fingerprint density at radius 2 is 2.29 bits per heavy atom. The quantitative estimate of drug-likeness (QED) is 0.541. The minimum Gasteiger partial charge on any atom is -0.381 e. The van der Waals surface area contributed by atoms with Crippen LogP contribution in [0.2, 0.25) is 0 Å². The number of ether oxygens (including phenoxy) is 2. The monoisotopic (exact) mass is 244 g/mol. The van der Waals surface area contributed by atoms with Gasteiger partial charge in [0.15, 0.2) is 0 Å². The van der Waals surface area contributed by atoms with Crippen molar-refractivity contribution in [2.45, 2.75) is 31.8 Å². The van der Waals surface area contributed by atoms with E-state index in [4.69, 9.17) is 15.2 Å². The molecule has 1 amide bonds. The Morgan fingerprint density at radius 1 is 1.53 bits per heavy atom. The molecule has 100 valence electrons. The summed E-state index contributed by atoms with van der Waals surface area (Å²) in [4.78, 5) is 11.4. The molecular formula is C12H24N2O3. The van der Waals surface area contributed by atoms with Gasteiger partial charge in [0.1, 0.15) is 0 Å². The molecule has 0 spiro atoms. The Kier molecular flexibility index (Phi) is 7.16. The predicted molar refractivity (Wildman–Crippen MR) is 65.6 cm³/mol. The van der Waals surface area contributed by atoms with Gasteiger partial charge < -0.3 is 20.5 Å². The van der Waals surface area contributed by atoms with E-state index in [9.17, 15) is 4.79 Å². The molecule has 5 nitrogen and oxygen atoms in total. The van der Waals surface area contributed by atoms with E-state index in [1.165, 1.54) is 12.8 Å². The molecule has 1 saturated carbocycles. The number of hydrogen-bond acceptors (Lipinski definition) is 4. The summed E-state index contributed by atoms with van der Waals surface area (Å²) in [6, 6.07) is 0. The van der Waals surface area contributed by atoms with E-state index in [2.05, 4.69) is 5.32 Å². The Balaban J connectivity index is 1.88. The minimum absolute atomic E-state index is 0.00973. The molecule has 3 N–H and O–H groups in total. The van der Waals surface area contributed by atoms with Gasteiger partial charge in [-0.3, -0.25) is 4.79 Å². The summed E-state index contributed by atoms with van der Waals surface area (Å²) in [6.45, 7) is 2.63. The lowest BCUT2D eigenvalue weighted by Crippen LogP contribution is -2.32. The fourth-order valence-electron chi connectivity index (χ4n) is 1.48. The van der Waals surface area contributed by atoms with Crippen LogP contribution in [0.25, 0.3) is 0 Å². The zero-order chi connectivity index (χ0) is 12.5. The molecule has 0 bridgehead atoms. The molecule has 0 aromatic carbocycles. The van der Waals surface area contributed by atoms with Crippen molar-refractivity contribution >= 4 is 5.91 Å². The Bertz CT molecular complexity index is 216. The van der Waals surface area contributed by atoms with Crippen molar-refractivity contribution in [3.05, 3.63) is 0 Å². The molecule has 1 fully saturated rings. The van der Waals surface area contributed by atoms with Gasteiger partial charge in [0.2, 0.25) is 5.91 Å². The second-order valence-electron chi connectivity index (χ2n) is 4.52. The SMILES string of the molecule is COC(CN)CC(=O)NCCCOCC1CC1. The van der Waals surface area contributed by atoms with Crippen LogP contribution < -0.4 is 11.1 Å². The largest absolute Gasteiger partial charge is 0.381 e. The lowest BCUT2D eigenvalue weighted by molar-refractivity contribution is -0.123. The van der Waals surface area contributed by atoms with Crippen LogP contribution >= 0.6 is 0 Å². The highest BCUT2D eigenvalue weighted by molar-refractivity contribution is 5.76. The van der Waals surface area contributed by atoms with Gasteiger partial charge in [-0.1, -0.05) is 0 Å². The summed E-state index contributed by atoms with van der Waals surface area (Å²) in [6.07, 6.45) is 3.64. The molecule has 1 aliphatic rings. The maximum absolute atomic E-state index is 11.4. The summed E-state index contributed by atoms with van der Waals surface area (Å²) in [5, 5.41) is 2.83. The van der Waals surface area contributed by atoms with Crippen LogP contribution in [-0.2, 0) is 14.3 Å². The van der Waals surface area contributed by atoms with Crippen molar-refractivity contribution in [1.82, 2.24) is 5.32 Å². The van der Waals surface area contributed by atoms with E-state index in [-0.39, 0.29) is 12.0 Å². The topological polar surface area (TPSA) is 73.6 Å². The third-order valence-corrected chi connectivity index (χ3v) is 2.85. The molecule has 1 aliphatic carbocycles. The molecule has 0 aromatic heterocycles. The van der Waals surface area contributed by atoms with E-state index in [0.717, 1.165) is 25.6 Å². The number of hydrogen-bond donors (Lipinski definition) is 2. The van der Waals surface area contributed by atoms with Crippen LogP contribution in [0, 0.1) is 5.92 Å². The second-order valence-corrected chi connectivity index (χ2v) is 4.52. The summed E-state index contributed by atoms with van der Waals surface area (Å²) in [7, 11) is 1.57. The predicted octanol–water partition coefficient (Wildman–Crippen LogP) is 0.283. The number of rotatable bonds is 10. The van der Waals surface area contributed by atoms with E-state index in [0.29, 0.717) is 19.5 Å². The van der Waals surface area contributed by atoms with Gasteiger partial charge in [-0.2, -0.15) is 0 Å². The van der Waals surface area contributed by atoms with E-state index in [1.54, 1.807) is 7.11 Å². The standard InChI is InChI=1S/C12H24N2O3/c1-16-11(8-13)7-12(15)14-5-2-6-17-9-10-3-4-10/h10-11H,2-9,13H2,1H3,(H,14,15). The number of amides is 1. The van der Waals surface area contributed by atoms with Crippen molar-refractivity contribution in [1.29, 1.82) is 0 Å². The van der Waals surface area contributed by atoms with Crippen molar-refractivity contribution in [2.75, 3.05) is 33.4 Å². The van der Waals surface area contributed by atoms with Crippen molar-refractivity contribution in [3.8, 4) is 0 Å². The minimum atomic E-state index is -0.180. The van der Waals surface area contributed by atoms with Gasteiger partial charge in [0.05, 0.1) is 12.5 Å². The average Bonchev–Trinajstić information content (AvgIpc) is 3.14. The highest BCUT2D eigenvalue weighted by Gasteiger charge is 2.20. The van der Waals surface area contributed by atoms with Crippen molar-refractivity contribution in [2.24, 2.45) is 11.7 Å². The van der Waals surface area contributed by atoms with Crippen LogP contribution in [0.1, 0.15) is 25.7 Å². The van der Waals surface area contributed by atoms with Crippen LogP contribution in [0.4, 0.5) is 0 Å². The first kappa shape index (κ1) is 14.4. The highest BCUT2D eigenvalue weighted by atomic mass is 16.5. The van der Waals surface area contributed by atoms with Crippen LogP contribution in [0.3, 0.4) is 0 Å². The summed E-state index contributed by atoms with van der Waals surface area (Å²) in [5.41, 5.74) is 5.44. The molecule has 0 aromatic rings. The number of nitrogens with two attached hydrogens (primary N) is 1. The zero-order valence-electron chi connectivity index (χ0n) is 10.6. The highest BCUT2D eigenvalue weighted by Crippen LogP contribution is 2.28. The molecular weight excluding hydrogens is 220 g/mol. The molecule has 1 unspecified atom stereocenters. The number of carbonyl (C=O) groups is 1. The summed E-state index contributed by atoms with van der Waals surface area (Å²) >= 11 is 0. The van der Waals surface area contributed by atoms with Crippen LogP contribution in [0.5, 0.6) is 0 Å². The number of methoxy groups -OCH3 is 1. The third kappa shape index (κ3) is 7.31. The van der Waals surface area contributed by atoms with Crippen molar-refractivity contribution in [3.63, 3.8) is 0 Å². The maximum Gasteiger partial charge on any atom is 0.222 e. The van der Waals surface area contributed by atoms with Crippen LogP contribution in [-0.4, -0.2) is 45.4 Å². The summed E-state index contributed by atoms with van der Waals surface area (Å²) < 4.78 is 10.5. The van der Waals surface area contributed by atoms with Crippen LogP contribution in [0.15, 0.2) is 0 Å². The summed E-state index contributed by atoms with van der Waals surface area (Å²) in [5.74, 6) is 0.793. The molecule has 17 heavy (non-hydrogen) atoms. The molecule has 0 saturated heterocycles. The first-order chi connectivity index (χ1) is 8.26. The molecule has 1 rings (SSSR count). The Morgan fingerprint density at radius 3 is 2.88 bits per heavy atom. The first-order valence-corrected chi connectivity index (χ1v) is 6.33. The first-order valence-electron chi connectivity index (χ1n) is 6.33. The second kappa shape index (κ2) is 8.44. The molecule has 0 aliphatic heterocycles. The number of nitrogens with one attached hydrogen (secondary N) is 1. The van der Waals surface area contributed by atoms with E-state index < -0.39 is 0 Å². The lowest BCUT2D eigenvalue weighted by atomic mass is 10.2. The van der Waals surface area contributed by atoms with Crippen molar-refractivity contribution < 1.29 is 14.3 Å². The van der Waals surface area contributed by atoms with Gasteiger partial charge in [0.25, 0.3) is 0 Å². The average molecular weight is 244 g/mol. The molecule has 0 radical (unpaired) electrons. The number of carbonyl (C=O) groups excluding carboxylic acids is 1. The zero-order valence-corrected chi connectivity index (χ0v) is 10.6. The smallest absolute Gasteiger partial charge is 0.222 e. The van der Waals surface area contributed by atoms with Gasteiger partial charge in [-0.05, 0) is 25.2 Å². The van der Waals surface area contributed by atoms with E-state index in [1.807, 2.05) is 0 Å². The molecule has 5 heteroatoms. The normalized spacial score (nSPS) is 16.8. The van der Waals surface area contributed by atoms with Gasteiger partial charge in [-0.25, -0.2) is 0 Å². The maximum atomic E-state index is 11.4. The Hall–Kier alpha value is -0.650. The lowest BCUT2D eigenvalue weighted by Gasteiger charge is -2.12.